The second kappa shape index (κ2) is 8.02. The Morgan fingerprint density at radius 2 is 1.93 bits per heavy atom. The van der Waals surface area contributed by atoms with Crippen molar-refractivity contribution in [2.75, 3.05) is 31.6 Å². The van der Waals surface area contributed by atoms with Gasteiger partial charge in [0.2, 0.25) is 21.8 Å². The Hall–Kier alpha value is -1.62. The van der Waals surface area contributed by atoms with Crippen molar-refractivity contribution in [3.63, 3.8) is 0 Å². The minimum Gasteiger partial charge on any atom is -0.378 e. The van der Waals surface area contributed by atoms with Crippen molar-refractivity contribution in [3.8, 4) is 0 Å². The molecule has 1 unspecified atom stereocenters. The predicted octanol–water partition coefficient (Wildman–Crippen LogP) is 1.18. The molecule has 3 aliphatic rings. The van der Waals surface area contributed by atoms with E-state index >= 15 is 0 Å². The Bertz CT molecular complexity index is 877. The molecule has 1 aromatic rings. The average molecular weight is 426 g/mol. The maximum absolute atomic E-state index is 12.7. The number of anilines is 1. The van der Waals surface area contributed by atoms with Crippen LogP contribution in [0.5, 0.6) is 0 Å². The molecule has 2 fully saturated rings. The highest BCUT2D eigenvalue weighted by Crippen LogP contribution is 2.38. The Morgan fingerprint density at radius 3 is 2.64 bits per heavy atom. The molecule has 0 aromatic heterocycles. The molecule has 0 bridgehead atoms. The molecule has 4 rings (SSSR count). The summed E-state index contributed by atoms with van der Waals surface area (Å²) in [7, 11) is -3.64. The van der Waals surface area contributed by atoms with Crippen molar-refractivity contribution in [1.29, 1.82) is 0 Å². The first-order valence-electron chi connectivity index (χ1n) is 9.44. The summed E-state index contributed by atoms with van der Waals surface area (Å²) in [5.74, 6) is -0.664. The number of ether oxygens (including phenoxy) is 1. The summed E-state index contributed by atoms with van der Waals surface area (Å²) in [4.78, 5) is 27.6. The molecule has 28 heavy (non-hydrogen) atoms. The van der Waals surface area contributed by atoms with Crippen molar-refractivity contribution < 1.29 is 22.7 Å². The molecule has 1 atom stereocenters. The van der Waals surface area contributed by atoms with Crippen molar-refractivity contribution in [2.24, 2.45) is 0 Å². The minimum atomic E-state index is -3.64. The van der Waals surface area contributed by atoms with Gasteiger partial charge in [-0.15, -0.1) is 11.8 Å². The van der Waals surface area contributed by atoms with Gasteiger partial charge in [0.15, 0.2) is 5.25 Å². The molecule has 2 N–H and O–H groups in total. The first-order valence-corrected chi connectivity index (χ1v) is 11.8. The summed E-state index contributed by atoms with van der Waals surface area (Å²) in [6, 6.07) is 4.62. The number of carbonyl (C=O) groups is 2. The van der Waals surface area contributed by atoms with E-state index < -0.39 is 21.2 Å². The van der Waals surface area contributed by atoms with E-state index in [1.54, 1.807) is 11.0 Å². The Balaban J connectivity index is 1.51. The minimum absolute atomic E-state index is 0.0273. The lowest BCUT2D eigenvalue weighted by molar-refractivity contribution is -0.137. The van der Waals surface area contributed by atoms with Gasteiger partial charge < -0.3 is 15.0 Å². The quantitative estimate of drug-likeness (QED) is 0.702. The molecular weight excluding hydrogens is 402 g/mol. The summed E-state index contributed by atoms with van der Waals surface area (Å²) in [6.45, 7) is 1.88. The summed E-state index contributed by atoms with van der Waals surface area (Å²) < 4.78 is 33.3. The van der Waals surface area contributed by atoms with Crippen LogP contribution in [0.3, 0.4) is 0 Å². The largest absolute Gasteiger partial charge is 0.378 e. The third kappa shape index (κ3) is 4.05. The highest BCUT2D eigenvalue weighted by molar-refractivity contribution is 8.01. The fourth-order valence-electron chi connectivity index (χ4n) is 3.70. The predicted molar refractivity (Wildman–Crippen MR) is 105 cm³/mol. The van der Waals surface area contributed by atoms with Gasteiger partial charge in [-0.1, -0.05) is 12.8 Å². The number of sulfonamides is 1. The number of rotatable bonds is 4. The van der Waals surface area contributed by atoms with Crippen molar-refractivity contribution in [2.45, 2.75) is 46.8 Å². The fourth-order valence-corrected chi connectivity index (χ4v) is 6.08. The zero-order valence-electron chi connectivity index (χ0n) is 15.3. The molecule has 152 valence electrons. The molecule has 0 radical (unpaired) electrons. The maximum atomic E-state index is 12.7. The van der Waals surface area contributed by atoms with Gasteiger partial charge in [-0.25, -0.2) is 13.1 Å². The van der Waals surface area contributed by atoms with Crippen LogP contribution in [0, 0.1) is 0 Å². The maximum Gasteiger partial charge on any atom is 0.247 e. The van der Waals surface area contributed by atoms with Crippen LogP contribution in [0.25, 0.3) is 0 Å². The number of hydrogen-bond donors (Lipinski definition) is 2. The second-order valence-electron chi connectivity index (χ2n) is 7.19. The van der Waals surface area contributed by atoms with Crippen LogP contribution in [0.1, 0.15) is 25.7 Å². The lowest BCUT2D eigenvalue weighted by atomic mass is 10.2. The number of nitrogens with one attached hydrogen (secondary N) is 2. The lowest BCUT2D eigenvalue weighted by Gasteiger charge is -2.31. The van der Waals surface area contributed by atoms with E-state index in [1.807, 2.05) is 0 Å². The fraction of sp³-hybridized carbons (Fsp3) is 0.556. The first-order chi connectivity index (χ1) is 13.4. The molecule has 10 heteroatoms. The van der Waals surface area contributed by atoms with E-state index in [0.717, 1.165) is 37.4 Å². The van der Waals surface area contributed by atoms with Crippen molar-refractivity contribution >= 4 is 39.3 Å². The SMILES string of the molecule is O=C1Nc2cc(S(=O)(=O)NC3CCCC3)ccc2SC1C(=O)N1CCOCC1. The third-order valence-corrected chi connectivity index (χ3v) is 8.01. The van der Waals surface area contributed by atoms with E-state index in [4.69, 9.17) is 4.74 Å². The van der Waals surface area contributed by atoms with Crippen molar-refractivity contribution in [1.82, 2.24) is 9.62 Å². The molecule has 0 spiro atoms. The van der Waals surface area contributed by atoms with E-state index in [-0.39, 0.29) is 16.8 Å². The van der Waals surface area contributed by atoms with E-state index in [1.165, 1.54) is 12.1 Å². The molecule has 2 aliphatic heterocycles. The molecule has 1 saturated carbocycles. The highest BCUT2D eigenvalue weighted by atomic mass is 32.2. The topological polar surface area (TPSA) is 105 Å². The van der Waals surface area contributed by atoms with Crippen LogP contribution in [-0.4, -0.2) is 62.7 Å². The van der Waals surface area contributed by atoms with Crippen molar-refractivity contribution in [3.05, 3.63) is 18.2 Å². The molecule has 2 heterocycles. The number of benzene rings is 1. The van der Waals surface area contributed by atoms with Gasteiger partial charge in [0, 0.05) is 24.0 Å². The monoisotopic (exact) mass is 425 g/mol. The smallest absolute Gasteiger partial charge is 0.247 e. The number of nitrogens with zero attached hydrogens (tertiary/aromatic N) is 1. The zero-order valence-corrected chi connectivity index (χ0v) is 17.0. The Labute approximate surface area is 168 Å². The van der Waals surface area contributed by atoms with Gasteiger partial charge in [-0.2, -0.15) is 0 Å². The molecule has 8 nitrogen and oxygen atoms in total. The van der Waals surface area contributed by atoms with E-state index in [0.29, 0.717) is 36.9 Å². The van der Waals surface area contributed by atoms with Crippen LogP contribution >= 0.6 is 11.8 Å². The molecule has 1 aromatic carbocycles. The first kappa shape index (κ1) is 19.7. The molecule has 1 aliphatic carbocycles. The van der Waals surface area contributed by atoms with Gasteiger partial charge in [-0.05, 0) is 31.0 Å². The van der Waals surface area contributed by atoms with Gasteiger partial charge in [0.25, 0.3) is 0 Å². The molecular formula is C18H23N3O5S2. The number of carbonyl (C=O) groups excluding carboxylic acids is 2. The third-order valence-electron chi connectivity index (χ3n) is 5.23. The van der Waals surface area contributed by atoms with Crippen LogP contribution in [0.4, 0.5) is 5.69 Å². The number of morpholine rings is 1. The van der Waals surface area contributed by atoms with Crippen LogP contribution in [-0.2, 0) is 24.3 Å². The van der Waals surface area contributed by atoms with Gasteiger partial charge in [-0.3, -0.25) is 9.59 Å². The molecule has 1 saturated heterocycles. The lowest BCUT2D eigenvalue weighted by Crippen LogP contribution is -2.49. The standard InChI is InChI=1S/C18H23N3O5S2/c22-17-16(18(23)21-7-9-26-10-8-21)27-15-6-5-13(11-14(15)19-17)28(24,25)20-12-3-1-2-4-12/h5-6,11-12,16,20H,1-4,7-10H2,(H,19,22). The molecule has 2 amide bonds. The summed E-state index contributed by atoms with van der Waals surface area (Å²) in [6.07, 6.45) is 3.76. The van der Waals surface area contributed by atoms with E-state index in [2.05, 4.69) is 10.0 Å². The van der Waals surface area contributed by atoms with Crippen LogP contribution in [0.15, 0.2) is 28.0 Å². The van der Waals surface area contributed by atoms with Crippen LogP contribution in [0.2, 0.25) is 0 Å². The van der Waals surface area contributed by atoms with Gasteiger partial charge >= 0.3 is 0 Å². The number of hydrogen-bond acceptors (Lipinski definition) is 6. The normalized spacial score (nSPS) is 23.4. The van der Waals surface area contributed by atoms with Crippen LogP contribution < -0.4 is 10.0 Å². The second-order valence-corrected chi connectivity index (χ2v) is 10.0. The summed E-state index contributed by atoms with van der Waals surface area (Å²) in [5, 5.41) is 1.83. The summed E-state index contributed by atoms with van der Waals surface area (Å²) >= 11 is 1.16. The summed E-state index contributed by atoms with van der Waals surface area (Å²) in [5.41, 5.74) is 0.426. The number of thioether (sulfide) groups is 1. The number of amides is 2. The number of fused-ring (bicyclic) bond motifs is 1. The Kier molecular flexibility index (Phi) is 5.64. The van der Waals surface area contributed by atoms with Gasteiger partial charge in [0.05, 0.1) is 23.8 Å². The highest BCUT2D eigenvalue weighted by Gasteiger charge is 2.37. The van der Waals surface area contributed by atoms with E-state index in [9.17, 15) is 18.0 Å². The Morgan fingerprint density at radius 1 is 1.21 bits per heavy atom. The van der Waals surface area contributed by atoms with Gasteiger partial charge in [0.1, 0.15) is 0 Å². The average Bonchev–Trinajstić information content (AvgIpc) is 3.19. The zero-order chi connectivity index (χ0) is 19.7.